The summed E-state index contributed by atoms with van der Waals surface area (Å²) in [6.07, 6.45) is -0.380. The van der Waals surface area contributed by atoms with E-state index in [0.29, 0.717) is 5.57 Å². The van der Waals surface area contributed by atoms with Gasteiger partial charge < -0.3 is 9.84 Å². The van der Waals surface area contributed by atoms with Gasteiger partial charge in [0.2, 0.25) is 0 Å². The second kappa shape index (κ2) is 6.85. The van der Waals surface area contributed by atoms with Crippen LogP contribution in [-0.2, 0) is 14.3 Å². The van der Waals surface area contributed by atoms with E-state index in [0.717, 1.165) is 10.4 Å². The Labute approximate surface area is 126 Å². The zero-order chi connectivity index (χ0) is 15.2. The number of rotatable bonds is 5. The molecule has 5 heteroatoms. The Morgan fingerprint density at radius 3 is 2.38 bits per heavy atom. The molecule has 21 heavy (non-hydrogen) atoms. The summed E-state index contributed by atoms with van der Waals surface area (Å²) in [6.45, 7) is 0. The number of carboxylic acid groups (broad SMARTS) is 1. The van der Waals surface area contributed by atoms with Crippen molar-refractivity contribution in [3.63, 3.8) is 0 Å². The number of aliphatic carboxylic acids is 1. The maximum Gasteiger partial charge on any atom is 0.335 e. The Morgan fingerprint density at radius 1 is 1.14 bits per heavy atom. The normalized spacial score (nSPS) is 11.7. The maximum absolute atomic E-state index is 12.0. The lowest BCUT2D eigenvalue weighted by molar-refractivity contribution is -0.141. The van der Waals surface area contributed by atoms with Crippen LogP contribution in [0.2, 0.25) is 0 Å². The number of ether oxygens (including phenoxy) is 1. The zero-order valence-corrected chi connectivity index (χ0v) is 12.2. The van der Waals surface area contributed by atoms with Gasteiger partial charge in [-0.1, -0.05) is 36.4 Å². The Hall–Kier alpha value is -2.40. The molecule has 0 aliphatic carbocycles. The molecule has 0 unspecified atom stereocenters. The van der Waals surface area contributed by atoms with E-state index in [9.17, 15) is 9.59 Å². The van der Waals surface area contributed by atoms with Gasteiger partial charge in [0.05, 0.1) is 19.1 Å². The molecule has 0 amide bonds. The molecule has 1 heterocycles. The van der Waals surface area contributed by atoms with Crippen LogP contribution < -0.4 is 0 Å². The molecule has 0 saturated heterocycles. The van der Waals surface area contributed by atoms with Gasteiger partial charge in [-0.15, -0.1) is 11.3 Å². The van der Waals surface area contributed by atoms with Crippen LogP contribution in [0.4, 0.5) is 0 Å². The molecule has 4 nitrogen and oxygen atoms in total. The van der Waals surface area contributed by atoms with Crippen LogP contribution >= 0.6 is 11.3 Å². The summed E-state index contributed by atoms with van der Waals surface area (Å²) in [6, 6.07) is 13.0. The number of benzene rings is 1. The number of carbonyl (C=O) groups is 2. The van der Waals surface area contributed by atoms with Gasteiger partial charge in [-0.05, 0) is 17.0 Å². The molecule has 0 radical (unpaired) electrons. The molecule has 108 valence electrons. The third-order valence-corrected chi connectivity index (χ3v) is 3.78. The van der Waals surface area contributed by atoms with Crippen LogP contribution in [-0.4, -0.2) is 24.2 Å². The summed E-state index contributed by atoms with van der Waals surface area (Å²) in [4.78, 5) is 24.0. The van der Waals surface area contributed by atoms with Gasteiger partial charge in [0.25, 0.3) is 0 Å². The number of hydrogen-bond donors (Lipinski definition) is 1. The minimum absolute atomic E-state index is 0.152. The fourth-order valence-electron chi connectivity index (χ4n) is 2.03. The summed E-state index contributed by atoms with van der Waals surface area (Å²) < 4.78 is 4.76. The topological polar surface area (TPSA) is 63.6 Å². The van der Waals surface area contributed by atoms with Crippen molar-refractivity contribution in [1.29, 1.82) is 0 Å². The molecule has 1 aromatic carbocycles. The smallest absolute Gasteiger partial charge is 0.335 e. The monoisotopic (exact) mass is 302 g/mol. The predicted molar refractivity (Wildman–Crippen MR) is 81.1 cm³/mol. The van der Waals surface area contributed by atoms with Crippen LogP contribution in [0, 0.1) is 0 Å². The lowest BCUT2D eigenvalue weighted by atomic mass is 9.96. The first-order chi connectivity index (χ1) is 10.1. The molecule has 0 bridgehead atoms. The number of thiophene rings is 1. The SMILES string of the molecule is COC(=O)C(CC(=O)O)=C(c1ccccc1)c1cccs1. The van der Waals surface area contributed by atoms with E-state index in [1.165, 1.54) is 18.4 Å². The summed E-state index contributed by atoms with van der Waals surface area (Å²) in [5, 5.41) is 11.0. The first kappa shape index (κ1) is 15.0. The van der Waals surface area contributed by atoms with Gasteiger partial charge in [-0.2, -0.15) is 0 Å². The van der Waals surface area contributed by atoms with E-state index < -0.39 is 11.9 Å². The van der Waals surface area contributed by atoms with Crippen molar-refractivity contribution in [3.8, 4) is 0 Å². The molecule has 2 rings (SSSR count). The highest BCUT2D eigenvalue weighted by atomic mass is 32.1. The number of carboxylic acids is 1. The third kappa shape index (κ3) is 3.58. The average molecular weight is 302 g/mol. The number of esters is 1. The summed E-state index contributed by atoms with van der Waals surface area (Å²) in [7, 11) is 1.25. The maximum atomic E-state index is 12.0. The Kier molecular flexibility index (Phi) is 4.90. The van der Waals surface area contributed by atoms with Crippen molar-refractivity contribution in [2.75, 3.05) is 7.11 Å². The minimum atomic E-state index is -1.07. The van der Waals surface area contributed by atoms with E-state index in [1.807, 2.05) is 47.8 Å². The van der Waals surface area contributed by atoms with Gasteiger partial charge in [-0.3, -0.25) is 4.79 Å². The summed E-state index contributed by atoms with van der Waals surface area (Å²) >= 11 is 1.45. The van der Waals surface area contributed by atoms with Crippen molar-refractivity contribution in [2.24, 2.45) is 0 Å². The molecule has 0 fully saturated rings. The molecule has 2 aromatic rings. The van der Waals surface area contributed by atoms with Crippen LogP contribution in [0.5, 0.6) is 0 Å². The molecule has 1 N–H and O–H groups in total. The van der Waals surface area contributed by atoms with Crippen molar-refractivity contribution in [3.05, 3.63) is 63.9 Å². The fraction of sp³-hybridized carbons (Fsp3) is 0.125. The largest absolute Gasteiger partial charge is 0.481 e. The first-order valence-electron chi connectivity index (χ1n) is 6.26. The molecule has 0 atom stereocenters. The van der Waals surface area contributed by atoms with Gasteiger partial charge in [-0.25, -0.2) is 4.79 Å². The predicted octanol–water partition coefficient (Wildman–Crippen LogP) is 3.20. The highest BCUT2D eigenvalue weighted by Gasteiger charge is 2.22. The number of hydrogen-bond acceptors (Lipinski definition) is 4. The van der Waals surface area contributed by atoms with E-state index in [-0.39, 0.29) is 12.0 Å². The number of methoxy groups -OCH3 is 1. The molecule has 0 aliphatic rings. The number of carbonyl (C=O) groups excluding carboxylic acids is 1. The van der Waals surface area contributed by atoms with Crippen LogP contribution in [0.1, 0.15) is 16.9 Å². The van der Waals surface area contributed by atoms with Crippen molar-refractivity contribution in [2.45, 2.75) is 6.42 Å². The van der Waals surface area contributed by atoms with Crippen molar-refractivity contribution in [1.82, 2.24) is 0 Å². The Morgan fingerprint density at radius 2 is 1.86 bits per heavy atom. The molecule has 0 spiro atoms. The second-order valence-electron chi connectivity index (χ2n) is 4.26. The summed E-state index contributed by atoms with van der Waals surface area (Å²) in [5.41, 5.74) is 1.56. The third-order valence-electron chi connectivity index (χ3n) is 2.89. The minimum Gasteiger partial charge on any atom is -0.481 e. The average Bonchev–Trinajstić information content (AvgIpc) is 3.00. The van der Waals surface area contributed by atoms with Crippen LogP contribution in [0.25, 0.3) is 5.57 Å². The van der Waals surface area contributed by atoms with E-state index >= 15 is 0 Å². The van der Waals surface area contributed by atoms with Crippen molar-refractivity contribution < 1.29 is 19.4 Å². The highest BCUT2D eigenvalue weighted by Crippen LogP contribution is 2.32. The highest BCUT2D eigenvalue weighted by molar-refractivity contribution is 7.11. The Bertz CT molecular complexity index is 657. The van der Waals surface area contributed by atoms with E-state index in [2.05, 4.69) is 0 Å². The molecule has 0 aliphatic heterocycles. The van der Waals surface area contributed by atoms with Crippen LogP contribution in [0.3, 0.4) is 0 Å². The van der Waals surface area contributed by atoms with E-state index in [1.54, 1.807) is 0 Å². The molecule has 0 saturated carbocycles. The van der Waals surface area contributed by atoms with Gasteiger partial charge >= 0.3 is 11.9 Å². The first-order valence-corrected chi connectivity index (χ1v) is 7.14. The van der Waals surface area contributed by atoms with Gasteiger partial charge in [0.15, 0.2) is 0 Å². The summed E-state index contributed by atoms with van der Waals surface area (Å²) in [5.74, 6) is -1.69. The second-order valence-corrected chi connectivity index (χ2v) is 5.21. The molecular formula is C16H14O4S. The quantitative estimate of drug-likeness (QED) is 0.680. The van der Waals surface area contributed by atoms with Gasteiger partial charge in [0, 0.05) is 10.5 Å². The standard InChI is InChI=1S/C16H14O4S/c1-20-16(19)12(10-14(17)18)15(13-8-5-9-21-13)11-6-3-2-4-7-11/h2-9H,10H2,1H3,(H,17,18). The Balaban J connectivity index is 2.67. The molecule has 1 aromatic heterocycles. The molecular weight excluding hydrogens is 288 g/mol. The van der Waals surface area contributed by atoms with Crippen molar-refractivity contribution >= 4 is 28.8 Å². The lowest BCUT2D eigenvalue weighted by Crippen LogP contribution is -2.12. The van der Waals surface area contributed by atoms with E-state index in [4.69, 9.17) is 9.84 Å². The fourth-order valence-corrected chi connectivity index (χ4v) is 2.85. The van der Waals surface area contributed by atoms with Gasteiger partial charge in [0.1, 0.15) is 0 Å². The lowest BCUT2D eigenvalue weighted by Gasteiger charge is -2.12. The van der Waals surface area contributed by atoms with Crippen LogP contribution in [0.15, 0.2) is 53.4 Å². The zero-order valence-electron chi connectivity index (χ0n) is 11.4.